The summed E-state index contributed by atoms with van der Waals surface area (Å²) < 4.78 is 14.4. The van der Waals surface area contributed by atoms with E-state index in [-0.39, 0.29) is 5.82 Å². The van der Waals surface area contributed by atoms with Gasteiger partial charge in [0.25, 0.3) is 0 Å². The van der Waals surface area contributed by atoms with Crippen LogP contribution >= 0.6 is 27.5 Å². The van der Waals surface area contributed by atoms with Crippen LogP contribution in [0.5, 0.6) is 0 Å². The van der Waals surface area contributed by atoms with E-state index in [0.29, 0.717) is 15.1 Å². The smallest absolute Gasteiger partial charge is 0.142 e. The first-order chi connectivity index (χ1) is 8.63. The Hall–Kier alpha value is -0.940. The first-order valence-corrected chi connectivity index (χ1v) is 6.46. The van der Waals surface area contributed by atoms with Crippen LogP contribution in [0, 0.1) is 5.82 Å². The predicted molar refractivity (Wildman–Crippen MR) is 74.7 cm³/mol. The van der Waals surface area contributed by atoms with Crippen molar-refractivity contribution in [1.29, 1.82) is 0 Å². The minimum absolute atomic E-state index is 0.324. The highest BCUT2D eigenvalue weighted by atomic mass is 79.9. The molecule has 0 fully saturated rings. The second-order valence-corrected chi connectivity index (χ2v) is 5.09. The molecule has 0 aromatic heterocycles. The summed E-state index contributed by atoms with van der Waals surface area (Å²) >= 11 is 8.99. The van der Waals surface area contributed by atoms with Crippen LogP contribution in [-0.4, -0.2) is 0 Å². The molecule has 0 aliphatic rings. The highest BCUT2D eigenvalue weighted by Crippen LogP contribution is 2.28. The molecule has 0 amide bonds. The topological polar surface area (TPSA) is 38.0 Å². The number of benzene rings is 2. The van der Waals surface area contributed by atoms with Gasteiger partial charge in [0.05, 0.1) is 10.5 Å². The molecule has 1 atom stereocenters. The van der Waals surface area contributed by atoms with Crippen molar-refractivity contribution >= 4 is 27.5 Å². The highest BCUT2D eigenvalue weighted by molar-refractivity contribution is 9.10. The van der Waals surface area contributed by atoms with Gasteiger partial charge in [-0.3, -0.25) is 5.84 Å². The summed E-state index contributed by atoms with van der Waals surface area (Å²) in [5.74, 6) is 5.21. The molecule has 18 heavy (non-hydrogen) atoms. The highest BCUT2D eigenvalue weighted by Gasteiger charge is 2.17. The van der Waals surface area contributed by atoms with E-state index in [1.807, 2.05) is 12.1 Å². The molecule has 94 valence electrons. The summed E-state index contributed by atoms with van der Waals surface area (Å²) in [6.45, 7) is 0. The third kappa shape index (κ3) is 2.72. The zero-order valence-corrected chi connectivity index (χ0v) is 11.7. The predicted octanol–water partition coefficient (Wildman–Crippen LogP) is 3.79. The van der Waals surface area contributed by atoms with Gasteiger partial charge in [-0.1, -0.05) is 35.9 Å². The van der Waals surface area contributed by atoms with E-state index < -0.39 is 6.04 Å². The monoisotopic (exact) mass is 328 g/mol. The van der Waals surface area contributed by atoms with Crippen LogP contribution in [0.4, 0.5) is 4.39 Å². The molecule has 2 aromatic carbocycles. The van der Waals surface area contributed by atoms with Crippen molar-refractivity contribution in [3.05, 3.63) is 68.9 Å². The second-order valence-electron chi connectivity index (χ2n) is 3.79. The van der Waals surface area contributed by atoms with E-state index in [4.69, 9.17) is 17.4 Å². The molecule has 1 unspecified atom stereocenters. The number of rotatable bonds is 3. The van der Waals surface area contributed by atoms with E-state index in [1.165, 1.54) is 0 Å². The first-order valence-electron chi connectivity index (χ1n) is 5.29. The van der Waals surface area contributed by atoms with Crippen molar-refractivity contribution in [2.45, 2.75) is 6.04 Å². The Morgan fingerprint density at radius 1 is 1.17 bits per heavy atom. The lowest BCUT2D eigenvalue weighted by Crippen LogP contribution is -2.29. The van der Waals surface area contributed by atoms with Gasteiger partial charge in [-0.15, -0.1) is 0 Å². The van der Waals surface area contributed by atoms with Gasteiger partial charge in [0.2, 0.25) is 0 Å². The molecule has 0 saturated carbocycles. The van der Waals surface area contributed by atoms with Crippen molar-refractivity contribution in [2.75, 3.05) is 0 Å². The van der Waals surface area contributed by atoms with E-state index in [9.17, 15) is 4.39 Å². The number of halogens is 3. The van der Waals surface area contributed by atoms with Gasteiger partial charge in [0.1, 0.15) is 5.82 Å². The number of hydrogen-bond donors (Lipinski definition) is 2. The van der Waals surface area contributed by atoms with Crippen molar-refractivity contribution in [3.8, 4) is 0 Å². The minimum atomic E-state index is -0.417. The standard InChI is InChI=1S/C13H11BrClFN2/c14-11-3-1-2-10(12(11)16)13(18-17)8-4-6-9(15)7-5-8/h1-7,13,18H,17H2. The van der Waals surface area contributed by atoms with Crippen LogP contribution in [0.2, 0.25) is 5.02 Å². The molecular formula is C13H11BrClFN2. The maximum atomic E-state index is 14.0. The summed E-state index contributed by atoms with van der Waals surface area (Å²) in [6, 6.07) is 11.8. The zero-order valence-electron chi connectivity index (χ0n) is 9.33. The van der Waals surface area contributed by atoms with Crippen molar-refractivity contribution in [3.63, 3.8) is 0 Å². The third-order valence-electron chi connectivity index (χ3n) is 2.66. The van der Waals surface area contributed by atoms with Crippen molar-refractivity contribution < 1.29 is 4.39 Å². The molecule has 0 saturated heterocycles. The first kappa shape index (κ1) is 13.5. The van der Waals surface area contributed by atoms with Crippen LogP contribution in [0.1, 0.15) is 17.2 Å². The Kier molecular flexibility index (Phi) is 4.35. The fourth-order valence-electron chi connectivity index (χ4n) is 1.76. The van der Waals surface area contributed by atoms with Crippen LogP contribution in [-0.2, 0) is 0 Å². The van der Waals surface area contributed by atoms with E-state index in [0.717, 1.165) is 5.56 Å². The maximum Gasteiger partial charge on any atom is 0.142 e. The quantitative estimate of drug-likeness (QED) is 0.664. The lowest BCUT2D eigenvalue weighted by molar-refractivity contribution is 0.556. The molecule has 0 radical (unpaired) electrons. The Balaban J connectivity index is 2.45. The molecule has 2 nitrogen and oxygen atoms in total. The fraction of sp³-hybridized carbons (Fsp3) is 0.0769. The van der Waals surface area contributed by atoms with E-state index in [2.05, 4.69) is 21.4 Å². The lowest BCUT2D eigenvalue weighted by atomic mass is 9.99. The Morgan fingerprint density at radius 3 is 2.44 bits per heavy atom. The van der Waals surface area contributed by atoms with Crippen LogP contribution in [0.3, 0.4) is 0 Å². The normalized spacial score (nSPS) is 12.4. The van der Waals surface area contributed by atoms with Gasteiger partial charge in [-0.05, 0) is 39.7 Å². The molecule has 2 aromatic rings. The number of nitrogens with two attached hydrogens (primary N) is 1. The number of hydrazine groups is 1. The van der Waals surface area contributed by atoms with Crippen LogP contribution in [0.15, 0.2) is 46.9 Å². The van der Waals surface area contributed by atoms with Gasteiger partial charge in [-0.25, -0.2) is 9.82 Å². The largest absolute Gasteiger partial charge is 0.271 e. The molecule has 0 bridgehead atoms. The average Bonchev–Trinajstić information content (AvgIpc) is 2.37. The van der Waals surface area contributed by atoms with E-state index in [1.54, 1.807) is 30.3 Å². The van der Waals surface area contributed by atoms with E-state index >= 15 is 0 Å². The van der Waals surface area contributed by atoms with Crippen molar-refractivity contribution in [2.24, 2.45) is 5.84 Å². The third-order valence-corrected chi connectivity index (χ3v) is 3.53. The SMILES string of the molecule is NNC(c1ccc(Cl)cc1)c1cccc(Br)c1F. The molecular weight excluding hydrogens is 319 g/mol. The second kappa shape index (κ2) is 5.80. The zero-order chi connectivity index (χ0) is 13.1. The van der Waals surface area contributed by atoms with Gasteiger partial charge in [-0.2, -0.15) is 0 Å². The molecule has 5 heteroatoms. The number of hydrogen-bond acceptors (Lipinski definition) is 2. The molecule has 0 heterocycles. The van der Waals surface area contributed by atoms with Gasteiger partial charge >= 0.3 is 0 Å². The average molecular weight is 330 g/mol. The van der Waals surface area contributed by atoms with Gasteiger partial charge in [0, 0.05) is 10.6 Å². The minimum Gasteiger partial charge on any atom is -0.271 e. The van der Waals surface area contributed by atoms with Crippen molar-refractivity contribution in [1.82, 2.24) is 5.43 Å². The summed E-state index contributed by atoms with van der Waals surface area (Å²) in [4.78, 5) is 0. The molecule has 3 N–H and O–H groups in total. The Labute approximate surface area is 118 Å². The molecule has 2 rings (SSSR count). The Bertz CT molecular complexity index is 545. The summed E-state index contributed by atoms with van der Waals surface area (Å²) in [5, 5.41) is 0.629. The van der Waals surface area contributed by atoms with Crippen LogP contribution in [0.25, 0.3) is 0 Å². The van der Waals surface area contributed by atoms with Gasteiger partial charge in [0.15, 0.2) is 0 Å². The summed E-state index contributed by atoms with van der Waals surface area (Å²) in [5.41, 5.74) is 3.95. The van der Waals surface area contributed by atoms with Crippen LogP contribution < -0.4 is 11.3 Å². The Morgan fingerprint density at radius 2 is 1.83 bits per heavy atom. The summed E-state index contributed by atoms with van der Waals surface area (Å²) in [7, 11) is 0. The summed E-state index contributed by atoms with van der Waals surface area (Å²) in [6.07, 6.45) is 0. The molecule has 0 aliphatic carbocycles. The van der Waals surface area contributed by atoms with Gasteiger partial charge < -0.3 is 0 Å². The fourth-order valence-corrected chi connectivity index (χ4v) is 2.27. The maximum absolute atomic E-state index is 14.0. The molecule has 0 spiro atoms. The molecule has 0 aliphatic heterocycles. The number of nitrogens with one attached hydrogen (secondary N) is 1. The lowest BCUT2D eigenvalue weighted by Gasteiger charge is -2.18.